The minimum atomic E-state index is 0.365. The summed E-state index contributed by atoms with van der Waals surface area (Å²) in [6.07, 6.45) is 5.67. The maximum Gasteiger partial charge on any atom is 0.109 e. The minimum absolute atomic E-state index is 0.365. The Hall–Kier alpha value is -1.32. The summed E-state index contributed by atoms with van der Waals surface area (Å²) in [4.78, 5) is 4.36. The number of rotatable bonds is 5. The monoisotopic (exact) mass is 263 g/mol. The number of nitrogens with one attached hydrogen (secondary N) is 1. The zero-order valence-corrected chi connectivity index (χ0v) is 11.5. The van der Waals surface area contributed by atoms with Crippen LogP contribution in [0.5, 0.6) is 0 Å². The van der Waals surface area contributed by atoms with Crippen molar-refractivity contribution in [3.63, 3.8) is 0 Å². The number of hydrogen-bond donors (Lipinski definition) is 1. The molecule has 0 aliphatic rings. The lowest BCUT2D eigenvalue weighted by Crippen LogP contribution is -2.30. The molecular weight excluding hydrogens is 246 g/mol. The fraction of sp³-hybridized carbons (Fsp3) is 0.357. The Kier molecular flexibility index (Phi) is 4.39. The molecule has 1 N–H and O–H groups in total. The largest absolute Gasteiger partial charge is 0.338 e. The zero-order valence-electron chi connectivity index (χ0n) is 10.7. The molecule has 1 unspecified atom stereocenters. The molecule has 1 atom stereocenters. The van der Waals surface area contributed by atoms with Gasteiger partial charge in [-0.1, -0.05) is 23.7 Å². The van der Waals surface area contributed by atoms with E-state index in [0.29, 0.717) is 6.04 Å². The summed E-state index contributed by atoms with van der Waals surface area (Å²) in [7, 11) is 4.01. The summed E-state index contributed by atoms with van der Waals surface area (Å²) in [5.74, 6) is 1.09. The molecule has 0 aliphatic carbocycles. The van der Waals surface area contributed by atoms with Gasteiger partial charge in [0, 0.05) is 36.9 Å². The van der Waals surface area contributed by atoms with Gasteiger partial charge in [-0.2, -0.15) is 0 Å². The highest BCUT2D eigenvalue weighted by Gasteiger charge is 2.11. The molecule has 0 saturated heterocycles. The van der Waals surface area contributed by atoms with Gasteiger partial charge in [-0.05, 0) is 31.2 Å². The van der Waals surface area contributed by atoms with Crippen LogP contribution < -0.4 is 5.32 Å². The van der Waals surface area contributed by atoms with Crippen molar-refractivity contribution in [1.29, 1.82) is 0 Å². The number of aryl methyl sites for hydroxylation is 1. The molecule has 3 nitrogen and oxygen atoms in total. The van der Waals surface area contributed by atoms with E-state index in [2.05, 4.69) is 20.9 Å². The second-order valence-electron chi connectivity index (χ2n) is 4.48. The molecule has 0 radical (unpaired) electrons. The van der Waals surface area contributed by atoms with Crippen molar-refractivity contribution in [2.45, 2.75) is 18.9 Å². The minimum Gasteiger partial charge on any atom is -0.338 e. The second-order valence-corrected chi connectivity index (χ2v) is 4.91. The molecule has 0 bridgehead atoms. The Morgan fingerprint density at radius 2 is 2.22 bits per heavy atom. The number of nitrogens with zero attached hydrogens (tertiary/aromatic N) is 2. The highest BCUT2D eigenvalue weighted by Crippen LogP contribution is 2.13. The van der Waals surface area contributed by atoms with Crippen LogP contribution in [0.15, 0.2) is 36.7 Å². The summed E-state index contributed by atoms with van der Waals surface area (Å²) in [6, 6.07) is 8.38. The predicted octanol–water partition coefficient (Wildman–Crippen LogP) is 2.45. The third kappa shape index (κ3) is 3.34. The van der Waals surface area contributed by atoms with E-state index < -0.39 is 0 Å². The number of hydrogen-bond acceptors (Lipinski definition) is 2. The van der Waals surface area contributed by atoms with Gasteiger partial charge in [0.1, 0.15) is 5.82 Å². The van der Waals surface area contributed by atoms with Gasteiger partial charge < -0.3 is 9.88 Å². The van der Waals surface area contributed by atoms with E-state index in [1.807, 2.05) is 44.7 Å². The summed E-state index contributed by atoms with van der Waals surface area (Å²) >= 11 is 6.00. The normalized spacial score (nSPS) is 12.6. The average Bonchev–Trinajstić information content (AvgIpc) is 2.74. The van der Waals surface area contributed by atoms with E-state index in [1.165, 1.54) is 5.56 Å². The Morgan fingerprint density at radius 3 is 2.83 bits per heavy atom. The smallest absolute Gasteiger partial charge is 0.109 e. The SMILES string of the molecule is CNC(Cc1cccc(Cl)c1)Cc1nccn1C. The van der Waals surface area contributed by atoms with Crippen LogP contribution in [0, 0.1) is 0 Å². The van der Waals surface area contributed by atoms with Crippen LogP contribution in [0.4, 0.5) is 0 Å². The van der Waals surface area contributed by atoms with Gasteiger partial charge >= 0.3 is 0 Å². The van der Waals surface area contributed by atoms with Crippen LogP contribution in [0.1, 0.15) is 11.4 Å². The lowest BCUT2D eigenvalue weighted by molar-refractivity contribution is 0.534. The number of imidazole rings is 1. The fourth-order valence-corrected chi connectivity index (χ4v) is 2.25. The first-order valence-electron chi connectivity index (χ1n) is 6.07. The molecule has 0 aliphatic heterocycles. The van der Waals surface area contributed by atoms with Gasteiger partial charge in [0.2, 0.25) is 0 Å². The Bertz CT molecular complexity index is 507. The van der Waals surface area contributed by atoms with Crippen LogP contribution in [0.3, 0.4) is 0 Å². The average molecular weight is 264 g/mol. The van der Waals surface area contributed by atoms with Crippen LogP contribution in [-0.2, 0) is 19.9 Å². The molecule has 2 rings (SSSR count). The van der Waals surface area contributed by atoms with E-state index in [9.17, 15) is 0 Å². The molecule has 0 spiro atoms. The first-order valence-corrected chi connectivity index (χ1v) is 6.44. The molecular formula is C14H18ClN3. The molecule has 2 aromatic rings. The molecule has 96 valence electrons. The van der Waals surface area contributed by atoms with Crippen LogP contribution in [-0.4, -0.2) is 22.6 Å². The maximum atomic E-state index is 6.00. The van der Waals surface area contributed by atoms with Crippen LogP contribution in [0.2, 0.25) is 5.02 Å². The summed E-state index contributed by atoms with van der Waals surface area (Å²) in [5, 5.41) is 4.13. The lowest BCUT2D eigenvalue weighted by Gasteiger charge is -2.16. The topological polar surface area (TPSA) is 29.9 Å². The van der Waals surface area contributed by atoms with E-state index in [4.69, 9.17) is 11.6 Å². The van der Waals surface area contributed by atoms with Crippen molar-refractivity contribution >= 4 is 11.6 Å². The van der Waals surface area contributed by atoms with E-state index >= 15 is 0 Å². The molecule has 4 heteroatoms. The Labute approximate surface area is 113 Å². The molecule has 18 heavy (non-hydrogen) atoms. The van der Waals surface area contributed by atoms with Crippen LogP contribution >= 0.6 is 11.6 Å². The first kappa shape index (κ1) is 13.1. The van der Waals surface area contributed by atoms with Gasteiger partial charge in [0.05, 0.1) is 0 Å². The number of halogens is 1. The third-order valence-corrected chi connectivity index (χ3v) is 3.36. The molecule has 1 aromatic heterocycles. The number of benzene rings is 1. The summed E-state index contributed by atoms with van der Waals surface area (Å²) in [5.41, 5.74) is 1.25. The van der Waals surface area contributed by atoms with Crippen LogP contribution in [0.25, 0.3) is 0 Å². The number of likely N-dealkylation sites (N-methyl/N-ethyl adjacent to an activating group) is 1. The van der Waals surface area contributed by atoms with Crippen molar-refractivity contribution < 1.29 is 0 Å². The fourth-order valence-electron chi connectivity index (χ4n) is 2.04. The molecule has 0 saturated carbocycles. The summed E-state index contributed by atoms with van der Waals surface area (Å²) < 4.78 is 2.06. The number of aromatic nitrogens is 2. The second kappa shape index (κ2) is 6.03. The van der Waals surface area contributed by atoms with Gasteiger partial charge in [-0.15, -0.1) is 0 Å². The van der Waals surface area contributed by atoms with Gasteiger partial charge in [-0.25, -0.2) is 4.98 Å². The van der Waals surface area contributed by atoms with Crippen molar-refractivity contribution in [1.82, 2.24) is 14.9 Å². The van der Waals surface area contributed by atoms with Gasteiger partial charge in [0.15, 0.2) is 0 Å². The van der Waals surface area contributed by atoms with Crippen molar-refractivity contribution in [3.05, 3.63) is 53.1 Å². The summed E-state index contributed by atoms with van der Waals surface area (Å²) in [6.45, 7) is 0. The standard InChI is InChI=1S/C14H18ClN3/c1-16-13(10-14-17-6-7-18(14)2)9-11-4-3-5-12(15)8-11/h3-8,13,16H,9-10H2,1-2H3. The van der Waals surface area contributed by atoms with E-state index in [0.717, 1.165) is 23.7 Å². The first-order chi connectivity index (χ1) is 8.69. The zero-order chi connectivity index (χ0) is 13.0. The highest BCUT2D eigenvalue weighted by molar-refractivity contribution is 6.30. The van der Waals surface area contributed by atoms with Crippen molar-refractivity contribution in [2.24, 2.45) is 7.05 Å². The molecule has 0 amide bonds. The Morgan fingerprint density at radius 1 is 1.39 bits per heavy atom. The maximum absolute atomic E-state index is 6.00. The molecule has 1 heterocycles. The highest BCUT2D eigenvalue weighted by atomic mass is 35.5. The van der Waals surface area contributed by atoms with Crippen molar-refractivity contribution in [2.75, 3.05) is 7.05 Å². The molecule has 1 aromatic carbocycles. The lowest BCUT2D eigenvalue weighted by atomic mass is 10.0. The van der Waals surface area contributed by atoms with Crippen molar-refractivity contribution in [3.8, 4) is 0 Å². The van der Waals surface area contributed by atoms with E-state index in [-0.39, 0.29) is 0 Å². The Balaban J connectivity index is 2.04. The quantitative estimate of drug-likeness (QED) is 0.898. The van der Waals surface area contributed by atoms with Gasteiger partial charge in [-0.3, -0.25) is 0 Å². The van der Waals surface area contributed by atoms with E-state index in [1.54, 1.807) is 0 Å². The third-order valence-electron chi connectivity index (χ3n) is 3.13. The molecule has 0 fully saturated rings. The predicted molar refractivity (Wildman–Crippen MR) is 74.9 cm³/mol. The van der Waals surface area contributed by atoms with Gasteiger partial charge in [0.25, 0.3) is 0 Å².